The molecule has 3 N–H and O–H groups in total. The molecule has 3 aliphatic carbocycles. The second-order valence-electron chi connectivity index (χ2n) is 8.90. The first-order valence-electron chi connectivity index (χ1n) is 11.0. The van der Waals surface area contributed by atoms with E-state index in [0.717, 1.165) is 6.07 Å². The Morgan fingerprint density at radius 3 is 2.65 bits per heavy atom. The fourth-order valence-electron chi connectivity index (χ4n) is 4.82. The summed E-state index contributed by atoms with van der Waals surface area (Å²) in [5, 5.41) is 25.5. The van der Waals surface area contributed by atoms with Gasteiger partial charge < -0.3 is 20.5 Å². The van der Waals surface area contributed by atoms with Crippen molar-refractivity contribution in [1.82, 2.24) is 15.6 Å². The minimum Gasteiger partial charge on any atom is -0.484 e. The third-order valence-electron chi connectivity index (χ3n) is 6.82. The second kappa shape index (κ2) is 9.57. The lowest BCUT2D eigenvalue weighted by Crippen LogP contribution is -2.65. The lowest BCUT2D eigenvalue weighted by molar-refractivity contribution is -0.156. The number of pyridine rings is 1. The molecule has 1 heterocycles. The highest BCUT2D eigenvalue weighted by Gasteiger charge is 2.58. The van der Waals surface area contributed by atoms with Crippen LogP contribution in [0.2, 0.25) is 5.02 Å². The Hall–Kier alpha value is -3.22. The van der Waals surface area contributed by atoms with Gasteiger partial charge in [0.25, 0.3) is 5.91 Å². The van der Waals surface area contributed by atoms with Gasteiger partial charge in [-0.15, -0.1) is 0 Å². The predicted octanol–water partition coefficient (Wildman–Crippen LogP) is 2.62. The zero-order valence-electron chi connectivity index (χ0n) is 18.3. The van der Waals surface area contributed by atoms with Crippen molar-refractivity contribution in [2.24, 2.45) is 5.41 Å². The summed E-state index contributed by atoms with van der Waals surface area (Å²) in [6, 6.07) is 9.24. The van der Waals surface area contributed by atoms with E-state index in [0.29, 0.717) is 36.9 Å². The summed E-state index contributed by atoms with van der Waals surface area (Å²) in [4.78, 5) is 29.7. The largest absolute Gasteiger partial charge is 0.484 e. The van der Waals surface area contributed by atoms with Crippen LogP contribution in [0.4, 0.5) is 4.39 Å². The Morgan fingerprint density at radius 1 is 1.26 bits per heavy atom. The number of benzene rings is 1. The van der Waals surface area contributed by atoms with E-state index < -0.39 is 22.9 Å². The van der Waals surface area contributed by atoms with Crippen molar-refractivity contribution in [2.75, 3.05) is 6.61 Å². The van der Waals surface area contributed by atoms with Crippen LogP contribution >= 0.6 is 11.6 Å². The second-order valence-corrected chi connectivity index (χ2v) is 9.31. The number of carbonyl (C=O) groups is 2. The summed E-state index contributed by atoms with van der Waals surface area (Å²) < 4.78 is 18.9. The van der Waals surface area contributed by atoms with Gasteiger partial charge in [0, 0.05) is 17.8 Å². The van der Waals surface area contributed by atoms with Crippen LogP contribution in [0.5, 0.6) is 5.75 Å². The SMILES string of the molecule is N#Cc1ccc(CNC(=O)C23CCC(NC(=O)COc4ccc(Cl)c(F)c4)(CC2)C[C@@H]3O)nc1. The van der Waals surface area contributed by atoms with E-state index in [1.165, 1.54) is 18.3 Å². The van der Waals surface area contributed by atoms with Crippen LogP contribution in [0.1, 0.15) is 43.4 Å². The Bertz CT molecular complexity index is 1130. The van der Waals surface area contributed by atoms with Crippen LogP contribution in [0.15, 0.2) is 36.5 Å². The Kier molecular flexibility index (Phi) is 6.73. The van der Waals surface area contributed by atoms with E-state index in [9.17, 15) is 19.1 Å². The molecule has 3 saturated carbocycles. The lowest BCUT2D eigenvalue weighted by Gasteiger charge is -2.55. The standard InChI is InChI=1S/C24H24ClFN4O4/c25-18-4-3-17(9-19(18)26)34-14-21(32)30-23-5-7-24(8-6-23,20(31)10-23)22(33)29-13-16-2-1-15(11-27)12-28-16/h1-4,9,12,20,31H,5-8,10,13-14H2,(H,29,33)(H,30,32)/t20-,23?,24?/m0/s1. The van der Waals surface area contributed by atoms with Crippen LogP contribution in [0.25, 0.3) is 0 Å². The van der Waals surface area contributed by atoms with Crippen molar-refractivity contribution >= 4 is 23.4 Å². The van der Waals surface area contributed by atoms with Gasteiger partial charge in [-0.1, -0.05) is 11.6 Å². The molecule has 178 valence electrons. The Labute approximate surface area is 201 Å². The first-order valence-corrected chi connectivity index (χ1v) is 11.3. The van der Waals surface area contributed by atoms with E-state index in [1.54, 1.807) is 12.1 Å². The molecule has 8 nitrogen and oxygen atoms in total. The summed E-state index contributed by atoms with van der Waals surface area (Å²) in [6.45, 7) is -0.105. The van der Waals surface area contributed by atoms with Crippen molar-refractivity contribution in [3.63, 3.8) is 0 Å². The number of nitrogens with one attached hydrogen (secondary N) is 2. The summed E-state index contributed by atoms with van der Waals surface area (Å²) in [5.74, 6) is -1.06. The van der Waals surface area contributed by atoms with E-state index >= 15 is 0 Å². The summed E-state index contributed by atoms with van der Waals surface area (Å²) >= 11 is 5.65. The first-order chi connectivity index (χ1) is 16.2. The fourth-order valence-corrected chi connectivity index (χ4v) is 4.94. The number of aromatic nitrogens is 1. The van der Waals surface area contributed by atoms with Gasteiger partial charge in [0.2, 0.25) is 5.91 Å². The monoisotopic (exact) mass is 486 g/mol. The molecule has 0 unspecified atom stereocenters. The number of carbonyl (C=O) groups excluding carboxylic acids is 2. The van der Waals surface area contributed by atoms with Crippen molar-refractivity contribution in [3.8, 4) is 11.8 Å². The number of hydrogen-bond donors (Lipinski definition) is 3. The van der Waals surface area contributed by atoms with E-state index in [1.807, 2.05) is 6.07 Å². The van der Waals surface area contributed by atoms with Crippen molar-refractivity contribution < 1.29 is 23.8 Å². The van der Waals surface area contributed by atoms with Gasteiger partial charge in [0.15, 0.2) is 6.61 Å². The van der Waals surface area contributed by atoms with Crippen LogP contribution in [-0.4, -0.2) is 40.2 Å². The molecule has 3 aliphatic rings. The number of halogens is 2. The topological polar surface area (TPSA) is 124 Å². The van der Waals surface area contributed by atoms with Gasteiger partial charge in [-0.25, -0.2) is 4.39 Å². The number of rotatable bonds is 7. The van der Waals surface area contributed by atoms with Crippen LogP contribution in [0, 0.1) is 22.6 Å². The quantitative estimate of drug-likeness (QED) is 0.552. The third kappa shape index (κ3) is 4.83. The average molecular weight is 487 g/mol. The number of fused-ring (bicyclic) bond motifs is 3. The number of nitrogens with zero attached hydrogens (tertiary/aromatic N) is 2. The fraction of sp³-hybridized carbons (Fsp3) is 0.417. The number of hydrogen-bond acceptors (Lipinski definition) is 6. The van der Waals surface area contributed by atoms with Crippen LogP contribution in [0.3, 0.4) is 0 Å². The van der Waals surface area contributed by atoms with Crippen LogP contribution in [-0.2, 0) is 16.1 Å². The van der Waals surface area contributed by atoms with Gasteiger partial charge in [-0.2, -0.15) is 5.26 Å². The maximum absolute atomic E-state index is 13.5. The Morgan fingerprint density at radius 2 is 2.03 bits per heavy atom. The molecular formula is C24H24ClFN4O4. The highest BCUT2D eigenvalue weighted by atomic mass is 35.5. The van der Waals surface area contributed by atoms with Crippen LogP contribution < -0.4 is 15.4 Å². The summed E-state index contributed by atoms with van der Waals surface area (Å²) in [7, 11) is 0. The predicted molar refractivity (Wildman–Crippen MR) is 120 cm³/mol. The highest BCUT2D eigenvalue weighted by Crippen LogP contribution is 2.52. The number of aliphatic hydroxyl groups excluding tert-OH is 1. The molecule has 0 radical (unpaired) electrons. The molecule has 10 heteroatoms. The molecule has 0 saturated heterocycles. The number of nitriles is 1. The molecule has 5 rings (SSSR count). The van der Waals surface area contributed by atoms with Gasteiger partial charge in [-0.05, 0) is 56.4 Å². The zero-order valence-corrected chi connectivity index (χ0v) is 19.1. The molecule has 2 aromatic rings. The van der Waals surface area contributed by atoms with Gasteiger partial charge in [-0.3, -0.25) is 14.6 Å². The van der Waals surface area contributed by atoms with Crippen molar-refractivity contribution in [2.45, 2.75) is 50.3 Å². The number of ether oxygens (including phenoxy) is 1. The molecule has 3 fully saturated rings. The maximum atomic E-state index is 13.5. The number of amides is 2. The van der Waals surface area contributed by atoms with Gasteiger partial charge in [0.1, 0.15) is 17.6 Å². The minimum atomic E-state index is -0.907. The molecule has 1 aromatic heterocycles. The summed E-state index contributed by atoms with van der Waals surface area (Å²) in [5.41, 5.74) is -0.460. The zero-order chi connectivity index (χ0) is 24.3. The molecule has 2 amide bonds. The first kappa shape index (κ1) is 23.9. The average Bonchev–Trinajstić information content (AvgIpc) is 2.84. The lowest BCUT2D eigenvalue weighted by atomic mass is 9.55. The molecule has 1 atom stereocenters. The molecule has 0 aliphatic heterocycles. The molecule has 2 bridgehead atoms. The van der Waals surface area contributed by atoms with E-state index in [2.05, 4.69) is 15.6 Å². The molecule has 1 aromatic carbocycles. The maximum Gasteiger partial charge on any atom is 0.258 e. The van der Waals surface area contributed by atoms with E-state index in [-0.39, 0.29) is 42.2 Å². The van der Waals surface area contributed by atoms with Crippen molar-refractivity contribution in [1.29, 1.82) is 5.26 Å². The van der Waals surface area contributed by atoms with Crippen molar-refractivity contribution in [3.05, 3.63) is 58.6 Å². The molecule has 34 heavy (non-hydrogen) atoms. The molecular weight excluding hydrogens is 463 g/mol. The van der Waals surface area contributed by atoms with Gasteiger partial charge in [0.05, 0.1) is 34.3 Å². The molecule has 0 spiro atoms. The highest BCUT2D eigenvalue weighted by molar-refractivity contribution is 6.30. The van der Waals surface area contributed by atoms with Gasteiger partial charge >= 0.3 is 0 Å². The Balaban J connectivity index is 1.31. The smallest absolute Gasteiger partial charge is 0.258 e. The number of aliphatic hydroxyl groups is 1. The van der Waals surface area contributed by atoms with E-state index in [4.69, 9.17) is 21.6 Å². The third-order valence-corrected chi connectivity index (χ3v) is 7.13. The minimum absolute atomic E-state index is 0.0326. The normalized spacial score (nSPS) is 25.3. The summed E-state index contributed by atoms with van der Waals surface area (Å²) in [6.07, 6.45) is 2.77.